The molecule has 0 rings (SSSR count). The van der Waals surface area contributed by atoms with Crippen LogP contribution in [0.5, 0.6) is 0 Å². The quantitative estimate of drug-likeness (QED) is 0.725. The summed E-state index contributed by atoms with van der Waals surface area (Å²) in [5.41, 5.74) is 0. The summed E-state index contributed by atoms with van der Waals surface area (Å²) in [7, 11) is 0. The van der Waals surface area contributed by atoms with E-state index in [2.05, 4.69) is 5.32 Å². The zero-order valence-electron chi connectivity index (χ0n) is 13.1. The Hall–Kier alpha value is -1.59. The number of rotatable bonds is 7. The highest BCUT2D eigenvalue weighted by molar-refractivity contribution is 5.87. The smallest absolute Gasteiger partial charge is 0.432 e. The topological polar surface area (TPSA) is 81.7 Å². The molecule has 6 nitrogen and oxygen atoms in total. The first kappa shape index (κ1) is 18.4. The normalized spacial score (nSPS) is 13.8. The second-order valence-electron chi connectivity index (χ2n) is 5.45. The molecule has 1 amide bonds. The Kier molecular flexibility index (Phi) is 7.87. The Morgan fingerprint density at radius 3 is 1.95 bits per heavy atom. The van der Waals surface area contributed by atoms with Gasteiger partial charge in [-0.05, 0) is 33.6 Å². The molecule has 0 spiro atoms. The summed E-state index contributed by atoms with van der Waals surface area (Å²) in [6.45, 7) is 10.2. The third-order valence-electron chi connectivity index (χ3n) is 2.52. The Bertz CT molecular complexity index is 351. The van der Waals surface area contributed by atoms with Crippen LogP contribution < -0.4 is 5.32 Å². The summed E-state index contributed by atoms with van der Waals surface area (Å²) in [6, 6.07) is -0.516. The van der Waals surface area contributed by atoms with Gasteiger partial charge in [0.2, 0.25) is 5.91 Å². The van der Waals surface area contributed by atoms with Crippen molar-refractivity contribution in [3.05, 3.63) is 0 Å². The van der Waals surface area contributed by atoms with Gasteiger partial charge in [-0.15, -0.1) is 0 Å². The molecule has 0 aromatic heterocycles. The van der Waals surface area contributed by atoms with Crippen LogP contribution in [0.2, 0.25) is 0 Å². The largest absolute Gasteiger partial charge is 0.508 e. The van der Waals surface area contributed by atoms with Crippen LogP contribution in [0.4, 0.5) is 4.79 Å². The lowest BCUT2D eigenvalue weighted by Gasteiger charge is -2.20. The van der Waals surface area contributed by atoms with Crippen molar-refractivity contribution in [3.63, 3.8) is 0 Å². The van der Waals surface area contributed by atoms with Crippen LogP contribution in [0, 0.1) is 5.92 Å². The highest BCUT2D eigenvalue weighted by atomic mass is 16.7. The monoisotopic (exact) mass is 287 g/mol. The standard InChI is InChI=1S/C14H25NO5/c1-8(2)13(11(6)16)15-12(17)7-10(5)20-14(18)19-9(3)4/h8-10,13H,7H2,1-6H3,(H,15,17). The fourth-order valence-electron chi connectivity index (χ4n) is 1.66. The van der Waals surface area contributed by atoms with E-state index in [1.807, 2.05) is 13.8 Å². The zero-order valence-corrected chi connectivity index (χ0v) is 13.1. The predicted molar refractivity (Wildman–Crippen MR) is 74.2 cm³/mol. The van der Waals surface area contributed by atoms with E-state index in [-0.39, 0.29) is 30.1 Å². The van der Waals surface area contributed by atoms with Crippen LogP contribution in [0.25, 0.3) is 0 Å². The maximum Gasteiger partial charge on any atom is 0.508 e. The molecule has 0 aromatic carbocycles. The molecule has 6 heteroatoms. The number of Topliss-reactive ketones (excluding diaryl/α,β-unsaturated/α-hetero) is 1. The van der Waals surface area contributed by atoms with Crippen molar-refractivity contribution < 1.29 is 23.9 Å². The van der Waals surface area contributed by atoms with Crippen LogP contribution in [0.15, 0.2) is 0 Å². The lowest BCUT2D eigenvalue weighted by Crippen LogP contribution is -2.44. The van der Waals surface area contributed by atoms with Crippen LogP contribution >= 0.6 is 0 Å². The van der Waals surface area contributed by atoms with Gasteiger partial charge in [0.1, 0.15) is 6.10 Å². The maximum atomic E-state index is 11.8. The van der Waals surface area contributed by atoms with Gasteiger partial charge < -0.3 is 14.8 Å². The average molecular weight is 287 g/mol. The molecule has 0 aliphatic heterocycles. The summed E-state index contributed by atoms with van der Waals surface area (Å²) in [6.07, 6.45) is -1.69. The Morgan fingerprint density at radius 2 is 1.55 bits per heavy atom. The molecule has 0 bridgehead atoms. The molecule has 20 heavy (non-hydrogen) atoms. The minimum absolute atomic E-state index is 0.0102. The number of carbonyl (C=O) groups is 3. The highest BCUT2D eigenvalue weighted by Crippen LogP contribution is 2.06. The summed E-state index contributed by atoms with van der Waals surface area (Å²) in [5, 5.41) is 2.64. The zero-order chi connectivity index (χ0) is 15.9. The van der Waals surface area contributed by atoms with E-state index in [0.717, 1.165) is 0 Å². The highest BCUT2D eigenvalue weighted by Gasteiger charge is 2.22. The van der Waals surface area contributed by atoms with E-state index in [1.165, 1.54) is 6.92 Å². The molecule has 0 heterocycles. The SMILES string of the molecule is CC(=O)C(NC(=O)CC(C)OC(=O)OC(C)C)C(C)C. The molecule has 1 N–H and O–H groups in total. The van der Waals surface area contributed by atoms with Crippen molar-refractivity contribution >= 4 is 17.8 Å². The summed E-state index contributed by atoms with van der Waals surface area (Å²) >= 11 is 0. The van der Waals surface area contributed by atoms with Gasteiger partial charge in [0.15, 0.2) is 5.78 Å². The molecule has 0 saturated carbocycles. The molecule has 116 valence electrons. The van der Waals surface area contributed by atoms with Gasteiger partial charge in [0, 0.05) is 0 Å². The molecule has 0 radical (unpaired) electrons. The van der Waals surface area contributed by atoms with Gasteiger partial charge in [-0.1, -0.05) is 13.8 Å². The summed E-state index contributed by atoms with van der Waals surface area (Å²) < 4.78 is 9.74. The van der Waals surface area contributed by atoms with E-state index in [9.17, 15) is 14.4 Å². The van der Waals surface area contributed by atoms with Gasteiger partial charge in [-0.3, -0.25) is 9.59 Å². The first-order valence-corrected chi connectivity index (χ1v) is 6.80. The second kappa shape index (κ2) is 8.55. The third-order valence-corrected chi connectivity index (χ3v) is 2.52. The lowest BCUT2D eigenvalue weighted by atomic mass is 10.0. The molecule has 2 unspecified atom stereocenters. The van der Waals surface area contributed by atoms with Gasteiger partial charge in [0.25, 0.3) is 0 Å². The van der Waals surface area contributed by atoms with Crippen molar-refractivity contribution in [2.45, 2.75) is 66.2 Å². The molecule has 2 atom stereocenters. The molecule has 0 aliphatic rings. The lowest BCUT2D eigenvalue weighted by molar-refractivity contribution is -0.129. The fourth-order valence-corrected chi connectivity index (χ4v) is 1.66. The minimum Gasteiger partial charge on any atom is -0.432 e. The third kappa shape index (κ3) is 7.76. The second-order valence-corrected chi connectivity index (χ2v) is 5.45. The number of hydrogen-bond donors (Lipinski definition) is 1. The fraction of sp³-hybridized carbons (Fsp3) is 0.786. The molecule has 0 aliphatic carbocycles. The Labute approximate surface area is 120 Å². The molecule has 0 fully saturated rings. The molecule has 0 saturated heterocycles. The number of nitrogens with one attached hydrogen (secondary N) is 1. The van der Waals surface area contributed by atoms with E-state index in [1.54, 1.807) is 20.8 Å². The van der Waals surface area contributed by atoms with Gasteiger partial charge >= 0.3 is 6.16 Å². The van der Waals surface area contributed by atoms with E-state index >= 15 is 0 Å². The predicted octanol–water partition coefficient (Wildman–Crippen LogP) is 2.06. The average Bonchev–Trinajstić information content (AvgIpc) is 2.22. The van der Waals surface area contributed by atoms with E-state index in [0.29, 0.717) is 0 Å². The number of amides is 1. The first-order valence-electron chi connectivity index (χ1n) is 6.80. The van der Waals surface area contributed by atoms with Crippen molar-refractivity contribution in [3.8, 4) is 0 Å². The van der Waals surface area contributed by atoms with Crippen molar-refractivity contribution in [1.29, 1.82) is 0 Å². The summed E-state index contributed by atoms with van der Waals surface area (Å²) in [4.78, 5) is 34.4. The van der Waals surface area contributed by atoms with Crippen molar-refractivity contribution in [2.75, 3.05) is 0 Å². The number of ether oxygens (including phenoxy) is 2. The van der Waals surface area contributed by atoms with Crippen molar-refractivity contribution in [2.24, 2.45) is 5.92 Å². The van der Waals surface area contributed by atoms with Gasteiger partial charge in [-0.25, -0.2) is 4.79 Å². The first-order chi connectivity index (χ1) is 9.13. The Morgan fingerprint density at radius 1 is 1.00 bits per heavy atom. The number of ketones is 1. The van der Waals surface area contributed by atoms with Crippen LogP contribution in [-0.2, 0) is 19.1 Å². The maximum absolute atomic E-state index is 11.8. The van der Waals surface area contributed by atoms with Gasteiger partial charge in [-0.2, -0.15) is 0 Å². The molecular formula is C14H25NO5. The summed E-state index contributed by atoms with van der Waals surface area (Å²) in [5.74, 6) is -0.413. The number of hydrogen-bond acceptors (Lipinski definition) is 5. The Balaban J connectivity index is 4.25. The van der Waals surface area contributed by atoms with E-state index < -0.39 is 18.3 Å². The van der Waals surface area contributed by atoms with Gasteiger partial charge in [0.05, 0.1) is 18.6 Å². The van der Waals surface area contributed by atoms with Crippen LogP contribution in [0.3, 0.4) is 0 Å². The number of carbonyl (C=O) groups excluding carboxylic acids is 3. The molecule has 0 aromatic rings. The molecular weight excluding hydrogens is 262 g/mol. The van der Waals surface area contributed by atoms with E-state index in [4.69, 9.17) is 9.47 Å². The van der Waals surface area contributed by atoms with Crippen LogP contribution in [0.1, 0.15) is 48.0 Å². The minimum atomic E-state index is -0.799. The van der Waals surface area contributed by atoms with Crippen molar-refractivity contribution in [1.82, 2.24) is 5.32 Å². The van der Waals surface area contributed by atoms with Crippen LogP contribution in [-0.4, -0.2) is 36.1 Å².